The number of carbonyl (C=O) groups excluding carboxylic acids is 1. The Hall–Kier alpha value is -1.89. The molecule has 0 aromatic carbocycles. The molecule has 1 saturated heterocycles. The molecule has 1 aliphatic rings. The lowest BCUT2D eigenvalue weighted by atomic mass is 9.80. The van der Waals surface area contributed by atoms with E-state index < -0.39 is 11.4 Å². The van der Waals surface area contributed by atoms with Crippen molar-refractivity contribution >= 4 is 11.9 Å². The summed E-state index contributed by atoms with van der Waals surface area (Å²) < 4.78 is 7.05. The van der Waals surface area contributed by atoms with Gasteiger partial charge in [0.05, 0.1) is 24.4 Å². The molecule has 7 heteroatoms. The predicted octanol–water partition coefficient (Wildman–Crippen LogP) is 2.51. The minimum Gasteiger partial charge on any atom is -0.481 e. The third-order valence-corrected chi connectivity index (χ3v) is 5.30. The van der Waals surface area contributed by atoms with E-state index >= 15 is 0 Å². The van der Waals surface area contributed by atoms with Crippen LogP contribution in [0.5, 0.6) is 0 Å². The van der Waals surface area contributed by atoms with E-state index in [4.69, 9.17) is 4.74 Å². The van der Waals surface area contributed by atoms with Gasteiger partial charge < -0.3 is 14.7 Å². The Bertz CT molecular complexity index is 620. The Morgan fingerprint density at radius 1 is 1.40 bits per heavy atom. The average Bonchev–Trinajstić information content (AvgIpc) is 2.97. The summed E-state index contributed by atoms with van der Waals surface area (Å²) in [6, 6.07) is 0.273. The van der Waals surface area contributed by atoms with E-state index in [1.54, 1.807) is 11.1 Å². The predicted molar refractivity (Wildman–Crippen MR) is 93.7 cm³/mol. The largest absolute Gasteiger partial charge is 0.481 e. The number of amides is 1. The Morgan fingerprint density at radius 2 is 2.08 bits per heavy atom. The lowest BCUT2D eigenvalue weighted by molar-refractivity contribution is -0.155. The highest BCUT2D eigenvalue weighted by atomic mass is 16.5. The molecular weight excluding hydrogens is 322 g/mol. The zero-order chi connectivity index (χ0) is 18.6. The molecule has 7 nitrogen and oxygen atoms in total. The van der Waals surface area contributed by atoms with Gasteiger partial charge in [-0.1, -0.05) is 13.8 Å². The van der Waals surface area contributed by atoms with E-state index in [1.165, 1.54) is 7.11 Å². The summed E-state index contributed by atoms with van der Waals surface area (Å²) in [5.74, 6) is -1.05. The van der Waals surface area contributed by atoms with Crippen molar-refractivity contribution in [1.29, 1.82) is 0 Å². The number of aromatic nitrogens is 2. The van der Waals surface area contributed by atoms with Gasteiger partial charge in [0.25, 0.3) is 5.91 Å². The molecule has 0 bridgehead atoms. The number of likely N-dealkylation sites (tertiary alicyclic amines) is 1. The lowest BCUT2D eigenvalue weighted by Gasteiger charge is -2.39. The van der Waals surface area contributed by atoms with Crippen LogP contribution >= 0.6 is 0 Å². The number of carboxylic acids is 1. The van der Waals surface area contributed by atoms with Crippen LogP contribution in [0.2, 0.25) is 0 Å². The molecule has 1 aromatic rings. The quantitative estimate of drug-likeness (QED) is 0.816. The monoisotopic (exact) mass is 351 g/mol. The Labute approximate surface area is 148 Å². The van der Waals surface area contributed by atoms with E-state index in [0.717, 1.165) is 18.5 Å². The zero-order valence-electron chi connectivity index (χ0n) is 15.6. The number of carboxylic acid groups (broad SMARTS) is 1. The van der Waals surface area contributed by atoms with Gasteiger partial charge in [-0.15, -0.1) is 0 Å². The second-order valence-corrected chi connectivity index (χ2v) is 6.91. The average molecular weight is 351 g/mol. The van der Waals surface area contributed by atoms with Crippen molar-refractivity contribution in [3.8, 4) is 0 Å². The maximum atomic E-state index is 13.0. The molecule has 1 unspecified atom stereocenters. The number of methoxy groups -OCH3 is 1. The first-order chi connectivity index (χ1) is 11.9. The maximum absolute atomic E-state index is 13.0. The molecule has 2 heterocycles. The van der Waals surface area contributed by atoms with Crippen molar-refractivity contribution in [2.45, 2.75) is 52.5 Å². The van der Waals surface area contributed by atoms with Gasteiger partial charge in [-0.05, 0) is 32.6 Å². The van der Waals surface area contributed by atoms with Crippen LogP contribution in [0.1, 0.15) is 61.6 Å². The number of hydrogen-bond donors (Lipinski definition) is 1. The van der Waals surface area contributed by atoms with Crippen LogP contribution in [0.3, 0.4) is 0 Å². The summed E-state index contributed by atoms with van der Waals surface area (Å²) in [5, 5.41) is 14.1. The number of aliphatic carboxylic acids is 1. The van der Waals surface area contributed by atoms with Crippen molar-refractivity contribution in [1.82, 2.24) is 14.7 Å². The number of ether oxygens (including phenoxy) is 1. The number of hydrogen-bond acceptors (Lipinski definition) is 4. The standard InChI is InChI=1S/C18H29N3O4/c1-5-14(6-2)21-13(3)15(10-19-21)16(22)20-9-7-8-18(11-20,12-25-4)17(23)24/h10,14H,5-9,11-12H2,1-4H3,(H,23,24). The summed E-state index contributed by atoms with van der Waals surface area (Å²) in [5.41, 5.74) is 0.379. The van der Waals surface area contributed by atoms with Crippen LogP contribution in [-0.2, 0) is 9.53 Å². The van der Waals surface area contributed by atoms with Crippen LogP contribution in [-0.4, -0.2) is 58.5 Å². The maximum Gasteiger partial charge on any atom is 0.313 e. The van der Waals surface area contributed by atoms with Gasteiger partial charge in [-0.2, -0.15) is 5.10 Å². The smallest absolute Gasteiger partial charge is 0.313 e. The summed E-state index contributed by atoms with van der Waals surface area (Å²) in [7, 11) is 1.50. The summed E-state index contributed by atoms with van der Waals surface area (Å²) >= 11 is 0. The third-order valence-electron chi connectivity index (χ3n) is 5.30. The van der Waals surface area contributed by atoms with Crippen LogP contribution in [0.15, 0.2) is 6.20 Å². The van der Waals surface area contributed by atoms with E-state index in [1.807, 2.05) is 11.6 Å². The fourth-order valence-corrected chi connectivity index (χ4v) is 3.74. The van der Waals surface area contributed by atoms with Crippen LogP contribution in [0.4, 0.5) is 0 Å². The third kappa shape index (κ3) is 3.71. The molecular formula is C18H29N3O4. The molecule has 0 aliphatic carbocycles. The van der Waals surface area contributed by atoms with Crippen LogP contribution in [0, 0.1) is 12.3 Å². The summed E-state index contributed by atoms with van der Waals surface area (Å²) in [4.78, 5) is 26.4. The number of rotatable bonds is 7. The first-order valence-corrected chi connectivity index (χ1v) is 8.95. The Balaban J connectivity index is 2.24. The molecule has 25 heavy (non-hydrogen) atoms. The fraction of sp³-hybridized carbons (Fsp3) is 0.722. The lowest BCUT2D eigenvalue weighted by Crippen LogP contribution is -2.52. The highest BCUT2D eigenvalue weighted by Crippen LogP contribution is 2.32. The van der Waals surface area contributed by atoms with Crippen molar-refractivity contribution in [2.75, 3.05) is 26.8 Å². The fourth-order valence-electron chi connectivity index (χ4n) is 3.74. The second-order valence-electron chi connectivity index (χ2n) is 6.91. The molecule has 2 rings (SSSR count). The molecule has 1 N–H and O–H groups in total. The number of piperidine rings is 1. The molecule has 1 atom stereocenters. The molecule has 0 radical (unpaired) electrons. The molecule has 140 valence electrons. The minimum absolute atomic E-state index is 0.109. The second kappa shape index (κ2) is 7.99. The number of carbonyl (C=O) groups is 2. The molecule has 1 aromatic heterocycles. The van der Waals surface area contributed by atoms with Gasteiger partial charge in [0.1, 0.15) is 5.41 Å². The van der Waals surface area contributed by atoms with Gasteiger partial charge >= 0.3 is 5.97 Å². The molecule has 1 fully saturated rings. The molecule has 1 amide bonds. The normalized spacial score (nSPS) is 20.9. The van der Waals surface area contributed by atoms with E-state index in [0.29, 0.717) is 24.9 Å². The topological polar surface area (TPSA) is 84.7 Å². The first kappa shape index (κ1) is 19.4. The van der Waals surface area contributed by atoms with Crippen molar-refractivity contribution in [3.05, 3.63) is 17.5 Å². The van der Waals surface area contributed by atoms with Crippen LogP contribution in [0.25, 0.3) is 0 Å². The summed E-state index contributed by atoms with van der Waals surface area (Å²) in [6.07, 6.45) is 4.69. The van der Waals surface area contributed by atoms with E-state index in [-0.39, 0.29) is 25.1 Å². The first-order valence-electron chi connectivity index (χ1n) is 8.95. The van der Waals surface area contributed by atoms with E-state index in [2.05, 4.69) is 18.9 Å². The van der Waals surface area contributed by atoms with Crippen molar-refractivity contribution < 1.29 is 19.4 Å². The van der Waals surface area contributed by atoms with Crippen molar-refractivity contribution in [3.63, 3.8) is 0 Å². The highest BCUT2D eigenvalue weighted by molar-refractivity contribution is 5.95. The molecule has 1 aliphatic heterocycles. The van der Waals surface area contributed by atoms with Gasteiger partial charge in [0, 0.05) is 25.9 Å². The van der Waals surface area contributed by atoms with Gasteiger partial charge in [0.2, 0.25) is 0 Å². The molecule has 0 spiro atoms. The van der Waals surface area contributed by atoms with Gasteiger partial charge in [0.15, 0.2) is 0 Å². The summed E-state index contributed by atoms with van der Waals surface area (Å²) in [6.45, 7) is 6.96. The van der Waals surface area contributed by atoms with Gasteiger partial charge in [-0.3, -0.25) is 14.3 Å². The Morgan fingerprint density at radius 3 is 2.64 bits per heavy atom. The highest BCUT2D eigenvalue weighted by Gasteiger charge is 2.44. The number of nitrogens with zero attached hydrogens (tertiary/aromatic N) is 3. The van der Waals surface area contributed by atoms with Crippen LogP contribution < -0.4 is 0 Å². The SMILES string of the molecule is CCC(CC)n1ncc(C(=O)N2CCCC(COC)(C(=O)O)C2)c1C. The van der Waals surface area contributed by atoms with Gasteiger partial charge in [-0.25, -0.2) is 0 Å². The minimum atomic E-state index is -1.03. The van der Waals surface area contributed by atoms with E-state index in [9.17, 15) is 14.7 Å². The Kier molecular flexibility index (Phi) is 6.21. The zero-order valence-corrected chi connectivity index (χ0v) is 15.6. The van der Waals surface area contributed by atoms with Crippen molar-refractivity contribution in [2.24, 2.45) is 5.41 Å². The molecule has 0 saturated carbocycles.